The second-order valence-electron chi connectivity index (χ2n) is 12.3. The van der Waals surface area contributed by atoms with Crippen molar-refractivity contribution in [2.75, 3.05) is 0 Å². The van der Waals surface area contributed by atoms with Crippen LogP contribution in [-0.4, -0.2) is 23.6 Å². The maximum Gasteiger partial charge on any atom is 0.309 e. The van der Waals surface area contributed by atoms with E-state index in [4.69, 9.17) is 4.74 Å². The number of esters is 1. The van der Waals surface area contributed by atoms with Crippen LogP contribution in [0.5, 0.6) is 0 Å². The SMILES string of the molecule is CCC(=O)C[C@@H](C)C(=O)O[C@@H]1CC[C@@]2(C)[C@@H](CC[C@@H]3[C@@H]2CC[C@]2(C)[C@@H](C(C)=O)CC[C@@H]32)C1. The van der Waals surface area contributed by atoms with Gasteiger partial charge in [0.05, 0.1) is 5.92 Å². The minimum absolute atomic E-state index is 0.0127. The van der Waals surface area contributed by atoms with E-state index in [1.54, 1.807) is 0 Å². The summed E-state index contributed by atoms with van der Waals surface area (Å²) < 4.78 is 5.93. The molecule has 0 aromatic heterocycles. The number of ether oxygens (including phenoxy) is 1. The summed E-state index contributed by atoms with van der Waals surface area (Å²) in [5, 5.41) is 0. The van der Waals surface area contributed by atoms with Gasteiger partial charge >= 0.3 is 5.97 Å². The Morgan fingerprint density at radius 2 is 1.62 bits per heavy atom. The van der Waals surface area contributed by atoms with Gasteiger partial charge in [-0.3, -0.25) is 14.4 Å². The molecule has 9 atom stereocenters. The van der Waals surface area contributed by atoms with E-state index >= 15 is 0 Å². The topological polar surface area (TPSA) is 60.4 Å². The van der Waals surface area contributed by atoms with E-state index in [-0.39, 0.29) is 35.1 Å². The Hall–Kier alpha value is -1.19. The van der Waals surface area contributed by atoms with E-state index < -0.39 is 0 Å². The van der Waals surface area contributed by atoms with Crippen molar-refractivity contribution in [3.63, 3.8) is 0 Å². The molecule has 4 nitrogen and oxygen atoms in total. The van der Waals surface area contributed by atoms with Crippen LogP contribution in [0.2, 0.25) is 0 Å². The first-order chi connectivity index (χ1) is 15.1. The summed E-state index contributed by atoms with van der Waals surface area (Å²) >= 11 is 0. The van der Waals surface area contributed by atoms with E-state index in [1.807, 2.05) is 20.8 Å². The number of Topliss-reactive ketones (excluding diaryl/α,β-unsaturated/α-hetero) is 2. The first-order valence-electron chi connectivity index (χ1n) is 13.3. The lowest BCUT2D eigenvalue weighted by Gasteiger charge is -2.61. The van der Waals surface area contributed by atoms with Gasteiger partial charge in [0.25, 0.3) is 0 Å². The molecule has 0 saturated heterocycles. The Morgan fingerprint density at radius 1 is 0.938 bits per heavy atom. The second-order valence-corrected chi connectivity index (χ2v) is 12.3. The fraction of sp³-hybridized carbons (Fsp3) is 0.893. The van der Waals surface area contributed by atoms with Crippen LogP contribution in [0.15, 0.2) is 0 Å². The first kappa shape index (κ1) is 24.0. The Kier molecular flexibility index (Phi) is 6.64. The molecule has 4 aliphatic rings. The summed E-state index contributed by atoms with van der Waals surface area (Å²) in [6.45, 7) is 10.4. The highest BCUT2D eigenvalue weighted by molar-refractivity contribution is 5.84. The maximum atomic E-state index is 12.6. The number of carbonyl (C=O) groups excluding carboxylic acids is 3. The van der Waals surface area contributed by atoms with Crippen molar-refractivity contribution >= 4 is 17.5 Å². The third kappa shape index (κ3) is 3.98. The zero-order valence-corrected chi connectivity index (χ0v) is 21.0. The van der Waals surface area contributed by atoms with Gasteiger partial charge in [0, 0.05) is 18.8 Å². The number of rotatable bonds is 6. The molecular weight excluding hydrogens is 400 g/mol. The van der Waals surface area contributed by atoms with Gasteiger partial charge in [0.2, 0.25) is 0 Å². The highest BCUT2D eigenvalue weighted by atomic mass is 16.5. The molecule has 4 saturated carbocycles. The smallest absolute Gasteiger partial charge is 0.309 e. The van der Waals surface area contributed by atoms with Crippen molar-refractivity contribution in [2.45, 2.75) is 111 Å². The van der Waals surface area contributed by atoms with Gasteiger partial charge in [0.15, 0.2) is 0 Å². The van der Waals surface area contributed by atoms with Crippen LogP contribution in [0.4, 0.5) is 0 Å². The molecule has 0 heterocycles. The van der Waals surface area contributed by atoms with Gasteiger partial charge < -0.3 is 4.74 Å². The highest BCUT2D eigenvalue weighted by Crippen LogP contribution is 2.67. The predicted molar refractivity (Wildman–Crippen MR) is 125 cm³/mol. The van der Waals surface area contributed by atoms with Crippen LogP contribution >= 0.6 is 0 Å². The summed E-state index contributed by atoms with van der Waals surface area (Å²) in [6, 6.07) is 0. The van der Waals surface area contributed by atoms with Crippen LogP contribution < -0.4 is 0 Å². The number of hydrogen-bond donors (Lipinski definition) is 0. The van der Waals surface area contributed by atoms with E-state index in [1.165, 1.54) is 32.1 Å². The zero-order valence-electron chi connectivity index (χ0n) is 21.0. The lowest BCUT2D eigenvalue weighted by atomic mass is 9.44. The molecule has 0 bridgehead atoms. The number of hydrogen-bond acceptors (Lipinski definition) is 4. The molecule has 4 heteroatoms. The lowest BCUT2D eigenvalue weighted by Crippen LogP contribution is -2.54. The average molecular weight is 445 g/mol. The van der Waals surface area contributed by atoms with E-state index in [9.17, 15) is 14.4 Å². The largest absolute Gasteiger partial charge is 0.462 e. The Labute approximate surface area is 194 Å². The molecule has 180 valence electrons. The minimum atomic E-state index is -0.334. The van der Waals surface area contributed by atoms with Gasteiger partial charge in [-0.15, -0.1) is 0 Å². The third-order valence-corrected chi connectivity index (χ3v) is 10.7. The molecule has 0 aromatic rings. The van der Waals surface area contributed by atoms with Crippen molar-refractivity contribution < 1.29 is 19.1 Å². The van der Waals surface area contributed by atoms with Crippen molar-refractivity contribution in [1.82, 2.24) is 0 Å². The van der Waals surface area contributed by atoms with Crippen LogP contribution in [0.3, 0.4) is 0 Å². The Balaban J connectivity index is 1.40. The lowest BCUT2D eigenvalue weighted by molar-refractivity contribution is -0.167. The van der Waals surface area contributed by atoms with Gasteiger partial charge in [-0.25, -0.2) is 0 Å². The molecule has 0 N–H and O–H groups in total. The quantitative estimate of drug-likeness (QED) is 0.461. The summed E-state index contributed by atoms with van der Waals surface area (Å²) in [5.74, 6) is 3.13. The molecule has 4 fully saturated rings. The fourth-order valence-corrected chi connectivity index (χ4v) is 8.84. The molecule has 32 heavy (non-hydrogen) atoms. The predicted octanol–water partition coefficient (Wildman–Crippen LogP) is 6.15. The molecule has 0 aromatic carbocycles. The number of carbonyl (C=O) groups is 3. The average Bonchev–Trinajstić information content (AvgIpc) is 3.11. The second kappa shape index (κ2) is 8.87. The third-order valence-electron chi connectivity index (χ3n) is 10.7. The minimum Gasteiger partial charge on any atom is -0.462 e. The summed E-state index contributed by atoms with van der Waals surface area (Å²) in [7, 11) is 0. The number of ketones is 2. The van der Waals surface area contributed by atoms with Crippen molar-refractivity contribution in [3.8, 4) is 0 Å². The monoisotopic (exact) mass is 444 g/mol. The van der Waals surface area contributed by atoms with E-state index in [0.717, 1.165) is 37.5 Å². The molecule has 0 unspecified atom stereocenters. The molecule has 0 radical (unpaired) electrons. The van der Waals surface area contributed by atoms with Gasteiger partial charge in [-0.05, 0) is 99.2 Å². The fourth-order valence-electron chi connectivity index (χ4n) is 8.84. The molecular formula is C28H44O4. The summed E-state index contributed by atoms with van der Waals surface area (Å²) in [4.78, 5) is 36.6. The molecule has 4 aliphatic carbocycles. The van der Waals surface area contributed by atoms with Crippen molar-refractivity contribution in [1.29, 1.82) is 0 Å². The zero-order chi connectivity index (χ0) is 23.3. The number of fused-ring (bicyclic) bond motifs is 5. The Bertz CT molecular complexity index is 759. The van der Waals surface area contributed by atoms with Gasteiger partial charge in [-0.2, -0.15) is 0 Å². The van der Waals surface area contributed by atoms with Crippen molar-refractivity contribution in [2.24, 2.45) is 46.3 Å². The Morgan fingerprint density at radius 3 is 2.31 bits per heavy atom. The molecule has 0 aliphatic heterocycles. The van der Waals surface area contributed by atoms with E-state index in [2.05, 4.69) is 13.8 Å². The molecule has 0 spiro atoms. The van der Waals surface area contributed by atoms with Crippen LogP contribution in [0.1, 0.15) is 105 Å². The maximum absolute atomic E-state index is 12.6. The molecule has 0 amide bonds. The standard InChI is InChI=1S/C28H44O4/c1-6-20(30)15-17(2)26(31)32-21-11-13-27(4)19(16-21)7-8-22-24-10-9-23(18(3)29)28(24,5)14-12-25(22)27/h17,19,21-25H,6-16H2,1-5H3/t17-,19+,21-,22+,23-,24+,25+,27+,28-/m1/s1. The summed E-state index contributed by atoms with van der Waals surface area (Å²) in [6.07, 6.45) is 11.2. The highest BCUT2D eigenvalue weighted by Gasteiger charge is 2.60. The molecule has 4 rings (SSSR count). The van der Waals surface area contributed by atoms with Gasteiger partial charge in [0.1, 0.15) is 17.7 Å². The van der Waals surface area contributed by atoms with Gasteiger partial charge in [-0.1, -0.05) is 27.7 Å². The van der Waals surface area contributed by atoms with Crippen LogP contribution in [-0.2, 0) is 19.1 Å². The van der Waals surface area contributed by atoms with E-state index in [0.29, 0.717) is 35.9 Å². The van der Waals surface area contributed by atoms with Crippen LogP contribution in [0.25, 0.3) is 0 Å². The normalized spacial score (nSPS) is 44.0. The van der Waals surface area contributed by atoms with Crippen LogP contribution in [0, 0.1) is 46.3 Å². The first-order valence-corrected chi connectivity index (χ1v) is 13.3. The summed E-state index contributed by atoms with van der Waals surface area (Å²) in [5.41, 5.74) is 0.556. The van der Waals surface area contributed by atoms with Crippen molar-refractivity contribution in [3.05, 3.63) is 0 Å².